The first-order chi connectivity index (χ1) is 9.97. The number of nitro benzene ring substituents is 1. The second-order valence-electron chi connectivity index (χ2n) is 4.79. The molecular weight excluding hydrogens is 278 g/mol. The number of nitro groups is 1. The van der Waals surface area contributed by atoms with Crippen molar-refractivity contribution in [1.82, 2.24) is 0 Å². The average Bonchev–Trinajstić information content (AvgIpc) is 2.75. The normalized spacial score (nSPS) is 12.7. The van der Waals surface area contributed by atoms with Gasteiger partial charge in [-0.15, -0.1) is 0 Å². The van der Waals surface area contributed by atoms with Crippen molar-refractivity contribution in [1.29, 1.82) is 0 Å². The van der Waals surface area contributed by atoms with Crippen molar-refractivity contribution in [2.24, 2.45) is 0 Å². The van der Waals surface area contributed by atoms with Gasteiger partial charge in [-0.1, -0.05) is 0 Å². The summed E-state index contributed by atoms with van der Waals surface area (Å²) >= 11 is 0. The number of carboxylic acid groups (broad SMARTS) is 1. The summed E-state index contributed by atoms with van der Waals surface area (Å²) in [5, 5.41) is 25.2. The van der Waals surface area contributed by atoms with E-state index in [0.29, 0.717) is 36.3 Å². The van der Waals surface area contributed by atoms with Gasteiger partial charge in [-0.3, -0.25) is 19.7 Å². The standard InChI is InChI=1S/C13H15N3O5/c17-12-6-8-5-11(16(20)21)10(7-9(8)15-12)14-4-2-1-3-13(18)19/h5,7,14H,1-4,6H2,(H,15,17)(H,18,19). The Hall–Kier alpha value is -2.64. The molecule has 0 saturated carbocycles. The number of rotatable bonds is 7. The van der Waals surface area contributed by atoms with Crippen LogP contribution in [0.4, 0.5) is 17.1 Å². The minimum atomic E-state index is -0.860. The number of amides is 1. The van der Waals surface area contributed by atoms with Gasteiger partial charge in [0.25, 0.3) is 5.69 Å². The molecule has 8 heteroatoms. The first-order valence-electron chi connectivity index (χ1n) is 6.54. The summed E-state index contributed by atoms with van der Waals surface area (Å²) in [7, 11) is 0. The van der Waals surface area contributed by atoms with Gasteiger partial charge in [0, 0.05) is 24.7 Å². The van der Waals surface area contributed by atoms with Gasteiger partial charge in [0.2, 0.25) is 5.91 Å². The van der Waals surface area contributed by atoms with E-state index in [1.54, 1.807) is 6.07 Å². The number of carboxylic acids is 1. The van der Waals surface area contributed by atoms with Crippen LogP contribution < -0.4 is 10.6 Å². The van der Waals surface area contributed by atoms with Crippen molar-refractivity contribution in [3.05, 3.63) is 27.8 Å². The molecule has 3 N–H and O–H groups in total. The van der Waals surface area contributed by atoms with Gasteiger partial charge in [-0.05, 0) is 24.5 Å². The number of nitrogens with zero attached hydrogens (tertiary/aromatic N) is 1. The zero-order chi connectivity index (χ0) is 15.4. The molecule has 0 bridgehead atoms. The summed E-state index contributed by atoms with van der Waals surface area (Å²) in [6.07, 6.45) is 1.31. The maximum Gasteiger partial charge on any atom is 0.303 e. The number of aliphatic carboxylic acids is 1. The van der Waals surface area contributed by atoms with Crippen LogP contribution in [0.15, 0.2) is 12.1 Å². The van der Waals surface area contributed by atoms with E-state index in [0.717, 1.165) is 0 Å². The quantitative estimate of drug-likeness (QED) is 0.400. The second kappa shape index (κ2) is 6.21. The molecule has 1 aromatic carbocycles. The molecule has 112 valence electrons. The Balaban J connectivity index is 2.04. The summed E-state index contributed by atoms with van der Waals surface area (Å²) in [6, 6.07) is 2.95. The van der Waals surface area contributed by atoms with Crippen LogP contribution in [-0.2, 0) is 16.0 Å². The number of carbonyl (C=O) groups is 2. The summed E-state index contributed by atoms with van der Waals surface area (Å²) < 4.78 is 0. The third-order valence-electron chi connectivity index (χ3n) is 3.18. The van der Waals surface area contributed by atoms with Crippen LogP contribution in [0.3, 0.4) is 0 Å². The van der Waals surface area contributed by atoms with Crippen LogP contribution in [-0.4, -0.2) is 28.5 Å². The first kappa shape index (κ1) is 14.8. The highest BCUT2D eigenvalue weighted by molar-refractivity contribution is 6.00. The molecule has 0 fully saturated rings. The molecule has 0 unspecified atom stereocenters. The van der Waals surface area contributed by atoms with Crippen molar-refractivity contribution in [3.8, 4) is 0 Å². The maximum atomic E-state index is 11.3. The average molecular weight is 293 g/mol. The minimum absolute atomic E-state index is 0.0734. The van der Waals surface area contributed by atoms with Crippen molar-refractivity contribution in [2.45, 2.75) is 25.7 Å². The topological polar surface area (TPSA) is 122 Å². The van der Waals surface area contributed by atoms with E-state index in [4.69, 9.17) is 5.11 Å². The lowest BCUT2D eigenvalue weighted by molar-refractivity contribution is -0.384. The summed E-state index contributed by atoms with van der Waals surface area (Å²) in [5.74, 6) is -1.04. The van der Waals surface area contributed by atoms with Crippen LogP contribution in [0.2, 0.25) is 0 Å². The van der Waals surface area contributed by atoms with Gasteiger partial charge in [0.15, 0.2) is 0 Å². The Morgan fingerprint density at radius 1 is 1.43 bits per heavy atom. The van der Waals surface area contributed by atoms with Gasteiger partial charge in [0.1, 0.15) is 5.69 Å². The molecule has 1 heterocycles. The zero-order valence-electron chi connectivity index (χ0n) is 11.2. The fraction of sp³-hybridized carbons (Fsp3) is 0.385. The van der Waals surface area contributed by atoms with Crippen LogP contribution in [0.25, 0.3) is 0 Å². The van der Waals surface area contributed by atoms with Gasteiger partial charge < -0.3 is 15.7 Å². The number of fused-ring (bicyclic) bond motifs is 1. The molecule has 0 aromatic heterocycles. The number of hydrogen-bond acceptors (Lipinski definition) is 5. The van der Waals surface area contributed by atoms with Gasteiger partial charge >= 0.3 is 5.97 Å². The lowest BCUT2D eigenvalue weighted by Crippen LogP contribution is -2.06. The fourth-order valence-electron chi connectivity index (χ4n) is 2.18. The highest BCUT2D eigenvalue weighted by Gasteiger charge is 2.24. The molecule has 1 aliphatic heterocycles. The maximum absolute atomic E-state index is 11.3. The van der Waals surface area contributed by atoms with E-state index in [1.807, 2.05) is 0 Å². The number of carbonyl (C=O) groups excluding carboxylic acids is 1. The van der Waals surface area contributed by atoms with E-state index in [-0.39, 0.29) is 24.4 Å². The highest BCUT2D eigenvalue weighted by atomic mass is 16.6. The molecule has 0 radical (unpaired) electrons. The third-order valence-corrected chi connectivity index (χ3v) is 3.18. The Labute approximate surface area is 120 Å². The lowest BCUT2D eigenvalue weighted by atomic mass is 10.1. The zero-order valence-corrected chi connectivity index (χ0v) is 11.2. The number of benzene rings is 1. The fourth-order valence-corrected chi connectivity index (χ4v) is 2.18. The van der Waals surface area contributed by atoms with Crippen molar-refractivity contribution in [3.63, 3.8) is 0 Å². The largest absolute Gasteiger partial charge is 0.481 e. The van der Waals surface area contributed by atoms with Crippen molar-refractivity contribution < 1.29 is 19.6 Å². The molecule has 8 nitrogen and oxygen atoms in total. The van der Waals surface area contributed by atoms with Crippen LogP contribution >= 0.6 is 0 Å². The summed E-state index contributed by atoms with van der Waals surface area (Å²) in [4.78, 5) is 32.2. The SMILES string of the molecule is O=C(O)CCCCNc1cc2c(cc1[N+](=O)[O-])CC(=O)N2. The molecule has 0 atom stereocenters. The van der Waals surface area contributed by atoms with Crippen molar-refractivity contribution >= 4 is 28.9 Å². The highest BCUT2D eigenvalue weighted by Crippen LogP contribution is 2.34. The first-order valence-corrected chi connectivity index (χ1v) is 6.54. The monoisotopic (exact) mass is 293 g/mol. The Morgan fingerprint density at radius 3 is 2.86 bits per heavy atom. The minimum Gasteiger partial charge on any atom is -0.481 e. The molecule has 21 heavy (non-hydrogen) atoms. The number of nitrogens with one attached hydrogen (secondary N) is 2. The number of hydrogen-bond donors (Lipinski definition) is 3. The third kappa shape index (κ3) is 3.68. The predicted octanol–water partition coefficient (Wildman–Crippen LogP) is 1.76. The van der Waals surface area contributed by atoms with Gasteiger partial charge in [0.05, 0.1) is 11.3 Å². The van der Waals surface area contributed by atoms with E-state index < -0.39 is 10.9 Å². The Bertz CT molecular complexity index is 600. The molecule has 1 aromatic rings. The molecule has 0 aliphatic carbocycles. The van der Waals surface area contributed by atoms with E-state index >= 15 is 0 Å². The van der Waals surface area contributed by atoms with Crippen molar-refractivity contribution in [2.75, 3.05) is 17.2 Å². The van der Waals surface area contributed by atoms with Gasteiger partial charge in [-0.25, -0.2) is 0 Å². The summed E-state index contributed by atoms with van der Waals surface area (Å²) in [5.41, 5.74) is 1.45. The van der Waals surface area contributed by atoms with Gasteiger partial charge in [-0.2, -0.15) is 0 Å². The van der Waals surface area contributed by atoms with E-state index in [9.17, 15) is 19.7 Å². The predicted molar refractivity (Wildman–Crippen MR) is 75.4 cm³/mol. The van der Waals surface area contributed by atoms with E-state index in [2.05, 4.69) is 10.6 Å². The van der Waals surface area contributed by atoms with E-state index in [1.165, 1.54) is 6.07 Å². The van der Waals surface area contributed by atoms with Crippen LogP contribution in [0.5, 0.6) is 0 Å². The Kier molecular flexibility index (Phi) is 4.36. The smallest absolute Gasteiger partial charge is 0.303 e. The number of anilines is 2. The molecule has 1 aliphatic rings. The molecule has 0 spiro atoms. The molecular formula is C13H15N3O5. The molecule has 2 rings (SSSR count). The second-order valence-corrected chi connectivity index (χ2v) is 4.79. The van der Waals surface area contributed by atoms with Crippen LogP contribution in [0.1, 0.15) is 24.8 Å². The summed E-state index contributed by atoms with van der Waals surface area (Å²) in [6.45, 7) is 0.431. The van der Waals surface area contributed by atoms with Crippen LogP contribution in [0, 0.1) is 10.1 Å². The molecule has 0 saturated heterocycles. The number of unbranched alkanes of at least 4 members (excludes halogenated alkanes) is 1. The lowest BCUT2D eigenvalue weighted by Gasteiger charge is -2.09. The molecule has 1 amide bonds. The Morgan fingerprint density at radius 2 is 2.19 bits per heavy atom.